The predicted octanol–water partition coefficient (Wildman–Crippen LogP) is 2.96. The van der Waals surface area contributed by atoms with E-state index < -0.39 is 51.5 Å². The van der Waals surface area contributed by atoms with Crippen LogP contribution in [0.2, 0.25) is 0 Å². The highest BCUT2D eigenvalue weighted by atomic mass is 32.2. The first kappa shape index (κ1) is 23.7. The van der Waals surface area contributed by atoms with Crippen LogP contribution in [0.5, 0.6) is 0 Å². The molecular weight excluding hydrogens is 447 g/mol. The zero-order chi connectivity index (χ0) is 23.5. The Labute approximate surface area is 183 Å². The van der Waals surface area contributed by atoms with Crippen molar-refractivity contribution in [3.8, 4) is 0 Å². The summed E-state index contributed by atoms with van der Waals surface area (Å²) in [6, 6.07) is 5.69. The van der Waals surface area contributed by atoms with Gasteiger partial charge in [0.05, 0.1) is 17.1 Å². The molecule has 0 unspecified atom stereocenters. The van der Waals surface area contributed by atoms with Crippen LogP contribution < -0.4 is 10.6 Å². The lowest BCUT2D eigenvalue weighted by Crippen LogP contribution is -2.36. The van der Waals surface area contributed by atoms with E-state index in [2.05, 4.69) is 5.32 Å². The van der Waals surface area contributed by atoms with Crippen molar-refractivity contribution >= 4 is 27.5 Å². The summed E-state index contributed by atoms with van der Waals surface area (Å²) < 4.78 is 67.2. The fraction of sp³-hybridized carbons (Fsp3) is 0.333. The maximum atomic E-state index is 13.7. The van der Waals surface area contributed by atoms with Gasteiger partial charge in [0.1, 0.15) is 0 Å². The van der Waals surface area contributed by atoms with Gasteiger partial charge >= 0.3 is 0 Å². The molecule has 1 heterocycles. The number of hydrogen-bond acceptors (Lipinski definition) is 4. The van der Waals surface area contributed by atoms with Crippen LogP contribution in [-0.4, -0.2) is 44.2 Å². The van der Waals surface area contributed by atoms with Gasteiger partial charge < -0.3 is 10.6 Å². The minimum Gasteiger partial charge on any atom is -0.343 e. The number of sulfonamides is 1. The Morgan fingerprint density at radius 2 is 1.69 bits per heavy atom. The van der Waals surface area contributed by atoms with Crippen molar-refractivity contribution in [3.05, 3.63) is 58.9 Å². The molecule has 2 N–H and O–H groups in total. The smallest absolute Gasteiger partial charge is 0.251 e. The monoisotopic (exact) mass is 469 g/mol. The van der Waals surface area contributed by atoms with Gasteiger partial charge in [-0.2, -0.15) is 4.31 Å². The van der Waals surface area contributed by atoms with E-state index in [4.69, 9.17) is 0 Å². The molecule has 0 saturated carbocycles. The summed E-state index contributed by atoms with van der Waals surface area (Å²) >= 11 is 0. The number of rotatable bonds is 6. The van der Waals surface area contributed by atoms with Crippen LogP contribution in [0, 0.1) is 24.4 Å². The molecule has 11 heteroatoms. The van der Waals surface area contributed by atoms with Crippen LogP contribution in [0.25, 0.3) is 0 Å². The van der Waals surface area contributed by atoms with E-state index in [1.807, 2.05) is 5.32 Å². The summed E-state index contributed by atoms with van der Waals surface area (Å²) in [4.78, 5) is 24.4. The van der Waals surface area contributed by atoms with Gasteiger partial charge in [0, 0.05) is 18.7 Å². The highest BCUT2D eigenvalue weighted by molar-refractivity contribution is 7.89. The van der Waals surface area contributed by atoms with Gasteiger partial charge in [-0.3, -0.25) is 9.59 Å². The Morgan fingerprint density at radius 3 is 2.38 bits per heavy atom. The van der Waals surface area contributed by atoms with E-state index in [-0.39, 0.29) is 10.5 Å². The Kier molecular flexibility index (Phi) is 7.19. The molecule has 1 aliphatic rings. The molecule has 1 fully saturated rings. The predicted molar refractivity (Wildman–Crippen MR) is 111 cm³/mol. The number of nitrogens with zero attached hydrogens (tertiary/aromatic N) is 1. The van der Waals surface area contributed by atoms with E-state index >= 15 is 0 Å². The van der Waals surface area contributed by atoms with Crippen molar-refractivity contribution < 1.29 is 31.2 Å². The SMILES string of the molecule is Cc1ccc(C(=O)NCC(=O)Nc2ccc(F)c(F)c2F)cc1S(=O)(=O)N1CCCCC1. The quantitative estimate of drug-likeness (QED) is 0.636. The largest absolute Gasteiger partial charge is 0.343 e. The number of nitrogens with one attached hydrogen (secondary N) is 2. The number of hydrogen-bond donors (Lipinski definition) is 2. The van der Waals surface area contributed by atoms with Gasteiger partial charge in [-0.15, -0.1) is 0 Å². The molecule has 2 amide bonds. The van der Waals surface area contributed by atoms with E-state index in [9.17, 15) is 31.2 Å². The number of piperidine rings is 1. The Balaban J connectivity index is 1.68. The molecule has 1 aliphatic heterocycles. The Hall–Kier alpha value is -2.92. The van der Waals surface area contributed by atoms with E-state index in [0.29, 0.717) is 24.7 Å². The highest BCUT2D eigenvalue weighted by Gasteiger charge is 2.28. The lowest BCUT2D eigenvalue weighted by molar-refractivity contribution is -0.115. The van der Waals surface area contributed by atoms with Crippen LogP contribution in [0.1, 0.15) is 35.2 Å². The molecule has 0 aromatic heterocycles. The van der Waals surface area contributed by atoms with Gasteiger partial charge in [-0.05, 0) is 49.6 Å². The maximum absolute atomic E-state index is 13.7. The second-order valence-electron chi connectivity index (χ2n) is 7.40. The molecule has 1 saturated heterocycles. The Bertz CT molecular complexity index is 1150. The third-order valence-corrected chi connectivity index (χ3v) is 7.14. The zero-order valence-corrected chi connectivity index (χ0v) is 18.1. The fourth-order valence-electron chi connectivity index (χ4n) is 3.34. The van der Waals surface area contributed by atoms with Gasteiger partial charge in [0.15, 0.2) is 17.5 Å². The molecule has 172 valence electrons. The second-order valence-corrected chi connectivity index (χ2v) is 9.31. The summed E-state index contributed by atoms with van der Waals surface area (Å²) in [5.74, 6) is -6.29. The normalized spacial score (nSPS) is 14.8. The number of carbonyl (C=O) groups is 2. The van der Waals surface area contributed by atoms with Gasteiger partial charge in [-0.1, -0.05) is 12.5 Å². The van der Waals surface area contributed by atoms with E-state index in [1.165, 1.54) is 22.5 Å². The molecule has 2 aromatic rings. The summed E-state index contributed by atoms with van der Waals surface area (Å²) in [6.07, 6.45) is 2.50. The van der Waals surface area contributed by atoms with Crippen LogP contribution in [0.15, 0.2) is 35.2 Å². The van der Waals surface area contributed by atoms with Gasteiger partial charge in [-0.25, -0.2) is 21.6 Å². The minimum absolute atomic E-state index is 0.0142. The van der Waals surface area contributed by atoms with Crippen molar-refractivity contribution in [3.63, 3.8) is 0 Å². The average molecular weight is 469 g/mol. The molecule has 3 rings (SSSR count). The summed E-state index contributed by atoms with van der Waals surface area (Å²) in [7, 11) is -3.77. The number of anilines is 1. The van der Waals surface area contributed by atoms with Gasteiger partial charge in [0.25, 0.3) is 5.91 Å². The van der Waals surface area contributed by atoms with Crippen LogP contribution in [-0.2, 0) is 14.8 Å². The lowest BCUT2D eigenvalue weighted by atomic mass is 10.1. The van der Waals surface area contributed by atoms with Gasteiger partial charge in [0.2, 0.25) is 15.9 Å². The summed E-state index contributed by atoms with van der Waals surface area (Å²) in [6.45, 7) is 1.86. The maximum Gasteiger partial charge on any atom is 0.251 e. The zero-order valence-electron chi connectivity index (χ0n) is 17.3. The number of benzene rings is 2. The number of aryl methyl sites for hydroxylation is 1. The summed E-state index contributed by atoms with van der Waals surface area (Å²) in [5.41, 5.74) is -0.0648. The number of carbonyl (C=O) groups excluding carboxylic acids is 2. The first-order chi connectivity index (χ1) is 15.1. The van der Waals surface area contributed by atoms with Crippen molar-refractivity contribution in [2.75, 3.05) is 25.0 Å². The first-order valence-electron chi connectivity index (χ1n) is 9.93. The molecule has 0 spiro atoms. The van der Waals surface area contributed by atoms with Crippen molar-refractivity contribution in [2.45, 2.75) is 31.1 Å². The topological polar surface area (TPSA) is 95.6 Å². The minimum atomic E-state index is -3.77. The third-order valence-electron chi connectivity index (χ3n) is 5.10. The second kappa shape index (κ2) is 9.70. The third kappa shape index (κ3) is 5.10. The van der Waals surface area contributed by atoms with Crippen molar-refractivity contribution in [1.82, 2.24) is 9.62 Å². The van der Waals surface area contributed by atoms with E-state index in [1.54, 1.807) is 6.92 Å². The van der Waals surface area contributed by atoms with Crippen molar-refractivity contribution in [1.29, 1.82) is 0 Å². The van der Waals surface area contributed by atoms with Crippen LogP contribution in [0.4, 0.5) is 18.9 Å². The molecule has 32 heavy (non-hydrogen) atoms. The molecule has 7 nitrogen and oxygen atoms in total. The van der Waals surface area contributed by atoms with Crippen molar-refractivity contribution in [2.24, 2.45) is 0 Å². The molecule has 2 aromatic carbocycles. The molecular formula is C21H22F3N3O4S. The van der Waals surface area contributed by atoms with Crippen LogP contribution >= 0.6 is 0 Å². The van der Waals surface area contributed by atoms with E-state index in [0.717, 1.165) is 25.3 Å². The first-order valence-corrected chi connectivity index (χ1v) is 11.4. The molecule has 0 aliphatic carbocycles. The number of halogens is 3. The molecule has 0 radical (unpaired) electrons. The lowest BCUT2D eigenvalue weighted by Gasteiger charge is -2.26. The molecule has 0 bridgehead atoms. The highest BCUT2D eigenvalue weighted by Crippen LogP contribution is 2.24. The standard InChI is InChI=1S/C21H22F3N3O4S/c1-13-5-6-14(11-17(13)32(30,31)27-9-3-2-4-10-27)21(29)25-12-18(28)26-16-8-7-15(22)19(23)20(16)24/h5-8,11H,2-4,9-10,12H2,1H3,(H,25,29)(H,26,28). The average Bonchev–Trinajstić information content (AvgIpc) is 2.78. The molecule has 0 atom stereocenters. The number of amides is 2. The Morgan fingerprint density at radius 1 is 1.00 bits per heavy atom. The van der Waals surface area contributed by atoms with Crippen LogP contribution in [0.3, 0.4) is 0 Å². The summed E-state index contributed by atoms with van der Waals surface area (Å²) in [5, 5.41) is 4.33. The fourth-order valence-corrected chi connectivity index (χ4v) is 5.11.